The van der Waals surface area contributed by atoms with Crippen molar-refractivity contribution in [2.45, 2.75) is 37.4 Å². The lowest BCUT2D eigenvalue weighted by Crippen LogP contribution is -2.48. The Balaban J connectivity index is 1.61. The Kier molecular flexibility index (Phi) is 6.95. The zero-order valence-corrected chi connectivity index (χ0v) is 17.6. The number of carbonyl (C=O) groups excluding carboxylic acids is 1. The summed E-state index contributed by atoms with van der Waals surface area (Å²) in [5.74, 6) is 0.185. The smallest absolute Gasteiger partial charge is 0.315 e. The quantitative estimate of drug-likeness (QED) is 0.740. The standard InChI is InChI=1S/C20H32N4O3S/c1-23-11-8-18(9-12-23)24(2)14-19(16-6-4-3-5-7-16)22-20(25)21-17-10-13-28(26,27)15-17/h3-7,17-19H,8-15H2,1-2H3,(H2,21,22,25)/t17-,19+/m0/s1. The summed E-state index contributed by atoms with van der Waals surface area (Å²) in [6.07, 6.45) is 2.74. The van der Waals surface area contributed by atoms with Gasteiger partial charge in [-0.2, -0.15) is 0 Å². The molecule has 156 valence electrons. The van der Waals surface area contributed by atoms with Crippen LogP contribution in [0.5, 0.6) is 0 Å². The fourth-order valence-electron chi connectivity index (χ4n) is 4.09. The molecule has 2 saturated heterocycles. The van der Waals surface area contributed by atoms with Gasteiger partial charge in [-0.05, 0) is 52.0 Å². The molecule has 8 heteroatoms. The summed E-state index contributed by atoms with van der Waals surface area (Å²) in [7, 11) is 1.26. The third-order valence-electron chi connectivity index (χ3n) is 5.86. The van der Waals surface area contributed by atoms with Gasteiger partial charge in [-0.3, -0.25) is 0 Å². The van der Waals surface area contributed by atoms with Gasteiger partial charge in [0.15, 0.2) is 9.84 Å². The Morgan fingerprint density at radius 3 is 2.50 bits per heavy atom. The minimum absolute atomic E-state index is 0.0336. The van der Waals surface area contributed by atoms with E-state index in [2.05, 4.69) is 34.5 Å². The van der Waals surface area contributed by atoms with E-state index in [9.17, 15) is 13.2 Å². The number of hydrogen-bond acceptors (Lipinski definition) is 5. The third kappa shape index (κ3) is 5.93. The van der Waals surface area contributed by atoms with Crippen LogP contribution in [-0.2, 0) is 9.84 Å². The number of rotatable bonds is 6. The molecule has 1 aromatic carbocycles. The van der Waals surface area contributed by atoms with Gasteiger partial charge in [0.05, 0.1) is 17.5 Å². The molecule has 2 N–H and O–H groups in total. The first-order valence-corrected chi connectivity index (χ1v) is 11.9. The molecule has 0 radical (unpaired) electrons. The highest BCUT2D eigenvalue weighted by Gasteiger charge is 2.30. The minimum Gasteiger partial charge on any atom is -0.334 e. The predicted molar refractivity (Wildman–Crippen MR) is 111 cm³/mol. The van der Waals surface area contributed by atoms with Crippen molar-refractivity contribution in [2.24, 2.45) is 0 Å². The predicted octanol–water partition coefficient (Wildman–Crippen LogP) is 1.24. The number of carbonyl (C=O) groups is 1. The Hall–Kier alpha value is -1.64. The molecule has 0 aromatic heterocycles. The summed E-state index contributed by atoms with van der Waals surface area (Å²) in [6.45, 7) is 2.90. The summed E-state index contributed by atoms with van der Waals surface area (Å²) >= 11 is 0. The van der Waals surface area contributed by atoms with E-state index in [0.29, 0.717) is 12.5 Å². The monoisotopic (exact) mass is 408 g/mol. The van der Waals surface area contributed by atoms with E-state index < -0.39 is 9.84 Å². The molecule has 0 unspecified atom stereocenters. The van der Waals surface area contributed by atoms with E-state index in [1.807, 2.05) is 30.3 Å². The van der Waals surface area contributed by atoms with Crippen molar-refractivity contribution in [3.63, 3.8) is 0 Å². The van der Waals surface area contributed by atoms with Crippen LogP contribution in [0.4, 0.5) is 4.79 Å². The lowest BCUT2D eigenvalue weighted by molar-refractivity contribution is 0.134. The molecule has 2 atom stereocenters. The second-order valence-corrected chi connectivity index (χ2v) is 10.4. The van der Waals surface area contributed by atoms with Crippen LogP contribution >= 0.6 is 0 Å². The van der Waals surface area contributed by atoms with Crippen LogP contribution in [0.3, 0.4) is 0 Å². The fourth-order valence-corrected chi connectivity index (χ4v) is 5.76. The molecule has 0 spiro atoms. The fraction of sp³-hybridized carbons (Fsp3) is 0.650. The number of hydrogen-bond donors (Lipinski definition) is 2. The zero-order chi connectivity index (χ0) is 20.1. The van der Waals surface area contributed by atoms with Gasteiger partial charge < -0.3 is 20.4 Å². The SMILES string of the molecule is CN1CCC(N(C)C[C@@H](NC(=O)N[C@H]2CCS(=O)(=O)C2)c2ccccc2)CC1. The molecule has 0 saturated carbocycles. The highest BCUT2D eigenvalue weighted by atomic mass is 32.2. The molecule has 2 heterocycles. The summed E-state index contributed by atoms with van der Waals surface area (Å²) in [4.78, 5) is 17.2. The minimum atomic E-state index is -3.01. The maximum Gasteiger partial charge on any atom is 0.315 e. The van der Waals surface area contributed by atoms with Gasteiger partial charge in [0, 0.05) is 18.6 Å². The van der Waals surface area contributed by atoms with Crippen molar-refractivity contribution in [1.29, 1.82) is 0 Å². The van der Waals surface area contributed by atoms with Crippen LogP contribution in [0, 0.1) is 0 Å². The van der Waals surface area contributed by atoms with Crippen LogP contribution in [0.25, 0.3) is 0 Å². The normalized spacial score (nSPS) is 24.2. The Bertz CT molecular complexity index is 748. The van der Waals surface area contributed by atoms with E-state index in [1.165, 1.54) is 0 Å². The second kappa shape index (κ2) is 9.24. The number of piperidine rings is 1. The molecule has 2 amide bonds. The van der Waals surface area contributed by atoms with Crippen LogP contribution in [0.15, 0.2) is 30.3 Å². The van der Waals surface area contributed by atoms with E-state index in [0.717, 1.165) is 38.0 Å². The zero-order valence-electron chi connectivity index (χ0n) is 16.8. The van der Waals surface area contributed by atoms with Crippen LogP contribution in [-0.4, -0.2) is 81.6 Å². The van der Waals surface area contributed by atoms with E-state index in [-0.39, 0.29) is 29.6 Å². The van der Waals surface area contributed by atoms with Gasteiger partial charge in [-0.25, -0.2) is 13.2 Å². The highest BCUT2D eigenvalue weighted by Crippen LogP contribution is 2.20. The van der Waals surface area contributed by atoms with Crippen molar-refractivity contribution < 1.29 is 13.2 Å². The molecule has 0 aliphatic carbocycles. The van der Waals surface area contributed by atoms with Crippen LogP contribution in [0.1, 0.15) is 30.9 Å². The summed E-state index contributed by atoms with van der Waals surface area (Å²) in [5.41, 5.74) is 1.05. The van der Waals surface area contributed by atoms with E-state index in [4.69, 9.17) is 0 Å². The van der Waals surface area contributed by atoms with Gasteiger partial charge in [-0.1, -0.05) is 30.3 Å². The van der Waals surface area contributed by atoms with Gasteiger partial charge >= 0.3 is 6.03 Å². The Morgan fingerprint density at radius 2 is 1.89 bits per heavy atom. The highest BCUT2D eigenvalue weighted by molar-refractivity contribution is 7.91. The largest absolute Gasteiger partial charge is 0.334 e. The molecule has 2 aliphatic heterocycles. The molecule has 28 heavy (non-hydrogen) atoms. The maximum absolute atomic E-state index is 12.6. The van der Waals surface area contributed by atoms with E-state index in [1.54, 1.807) is 0 Å². The van der Waals surface area contributed by atoms with Crippen molar-refractivity contribution >= 4 is 15.9 Å². The van der Waals surface area contributed by atoms with Crippen molar-refractivity contribution in [3.8, 4) is 0 Å². The lowest BCUT2D eigenvalue weighted by atomic mass is 10.0. The van der Waals surface area contributed by atoms with Crippen LogP contribution < -0.4 is 10.6 Å². The molecule has 2 fully saturated rings. The number of nitrogens with one attached hydrogen (secondary N) is 2. The molecule has 3 rings (SSSR count). The number of likely N-dealkylation sites (N-methyl/N-ethyl adjacent to an activating group) is 1. The topological polar surface area (TPSA) is 81.8 Å². The van der Waals surface area contributed by atoms with Gasteiger partial charge in [0.2, 0.25) is 0 Å². The average molecular weight is 409 g/mol. The van der Waals surface area contributed by atoms with Gasteiger partial charge in [0.1, 0.15) is 0 Å². The van der Waals surface area contributed by atoms with Crippen molar-refractivity contribution in [2.75, 3.05) is 45.2 Å². The number of likely N-dealkylation sites (tertiary alicyclic amines) is 1. The van der Waals surface area contributed by atoms with E-state index >= 15 is 0 Å². The summed E-state index contributed by atoms with van der Waals surface area (Å²) < 4.78 is 23.3. The number of urea groups is 1. The van der Waals surface area contributed by atoms with Gasteiger partial charge in [-0.15, -0.1) is 0 Å². The first-order chi connectivity index (χ1) is 13.3. The molecule has 0 bridgehead atoms. The number of sulfone groups is 1. The van der Waals surface area contributed by atoms with Crippen molar-refractivity contribution in [1.82, 2.24) is 20.4 Å². The summed E-state index contributed by atoms with van der Waals surface area (Å²) in [6, 6.07) is 9.71. The second-order valence-electron chi connectivity index (χ2n) is 8.16. The number of benzene rings is 1. The van der Waals surface area contributed by atoms with Crippen molar-refractivity contribution in [3.05, 3.63) is 35.9 Å². The molecular weight excluding hydrogens is 376 g/mol. The van der Waals surface area contributed by atoms with Crippen LogP contribution in [0.2, 0.25) is 0 Å². The number of amides is 2. The Morgan fingerprint density at radius 1 is 1.21 bits per heavy atom. The molecule has 7 nitrogen and oxygen atoms in total. The van der Waals surface area contributed by atoms with Gasteiger partial charge in [0.25, 0.3) is 0 Å². The number of nitrogens with zero attached hydrogens (tertiary/aromatic N) is 2. The first-order valence-electron chi connectivity index (χ1n) is 10.0. The average Bonchev–Trinajstić information content (AvgIpc) is 3.00. The first kappa shape index (κ1) is 21.1. The third-order valence-corrected chi connectivity index (χ3v) is 7.62. The molecule has 2 aliphatic rings. The molecular formula is C20H32N4O3S. The lowest BCUT2D eigenvalue weighted by Gasteiger charge is -2.37. The maximum atomic E-state index is 12.6. The Labute approximate surface area is 168 Å². The molecule has 1 aromatic rings. The summed E-state index contributed by atoms with van der Waals surface area (Å²) in [5, 5.41) is 5.91.